The summed E-state index contributed by atoms with van der Waals surface area (Å²) in [6.45, 7) is 0.607. The normalized spacial score (nSPS) is 23.2. The van der Waals surface area contributed by atoms with Gasteiger partial charge in [-0.15, -0.1) is 0 Å². The van der Waals surface area contributed by atoms with Crippen LogP contribution in [0.15, 0.2) is 18.3 Å². The second-order valence-corrected chi connectivity index (χ2v) is 6.62. The molecule has 0 bridgehead atoms. The summed E-state index contributed by atoms with van der Waals surface area (Å²) in [4.78, 5) is 4.08. The van der Waals surface area contributed by atoms with Crippen LogP contribution in [-0.2, 0) is 9.84 Å². The van der Waals surface area contributed by atoms with Gasteiger partial charge in [-0.1, -0.05) is 11.6 Å². The first-order valence-electron chi connectivity index (χ1n) is 5.12. The average Bonchev–Trinajstić information content (AvgIpc) is 2.57. The minimum absolute atomic E-state index is 0.170. The van der Waals surface area contributed by atoms with Gasteiger partial charge >= 0.3 is 0 Å². The van der Waals surface area contributed by atoms with Crippen molar-refractivity contribution in [3.63, 3.8) is 0 Å². The van der Waals surface area contributed by atoms with Gasteiger partial charge in [0.1, 0.15) is 5.82 Å². The lowest BCUT2D eigenvalue weighted by Gasteiger charge is -2.10. The number of pyridine rings is 1. The highest BCUT2D eigenvalue weighted by atomic mass is 35.5. The van der Waals surface area contributed by atoms with Gasteiger partial charge in [-0.2, -0.15) is 0 Å². The number of rotatable bonds is 3. The van der Waals surface area contributed by atoms with Crippen molar-refractivity contribution in [1.29, 1.82) is 0 Å². The molecule has 0 spiro atoms. The maximum absolute atomic E-state index is 11.2. The van der Waals surface area contributed by atoms with E-state index in [4.69, 9.17) is 11.6 Å². The number of nitrogens with zero attached hydrogens (tertiary/aromatic N) is 1. The smallest absolute Gasteiger partial charge is 0.150 e. The van der Waals surface area contributed by atoms with Crippen LogP contribution in [0.2, 0.25) is 5.02 Å². The lowest BCUT2D eigenvalue weighted by Crippen LogP contribution is -2.16. The molecule has 0 saturated carbocycles. The van der Waals surface area contributed by atoms with E-state index in [2.05, 4.69) is 10.3 Å². The number of hydrogen-bond acceptors (Lipinski definition) is 4. The third-order valence-electron chi connectivity index (χ3n) is 2.64. The second-order valence-electron chi connectivity index (χ2n) is 3.98. The predicted octanol–water partition coefficient (Wildman–Crippen LogP) is 1.58. The molecule has 0 radical (unpaired) electrons. The SMILES string of the molecule is O=S1(=O)CCC(CNc2ncccc2Cl)C1. The highest BCUT2D eigenvalue weighted by Crippen LogP contribution is 2.21. The van der Waals surface area contributed by atoms with E-state index in [1.165, 1.54) is 0 Å². The zero-order valence-corrected chi connectivity index (χ0v) is 10.3. The molecule has 2 heterocycles. The van der Waals surface area contributed by atoms with Crippen LogP contribution in [0.25, 0.3) is 0 Å². The second kappa shape index (κ2) is 4.59. The molecular weight excluding hydrogens is 248 g/mol. The highest BCUT2D eigenvalue weighted by molar-refractivity contribution is 7.91. The largest absolute Gasteiger partial charge is 0.369 e. The van der Waals surface area contributed by atoms with Crippen molar-refractivity contribution in [2.24, 2.45) is 5.92 Å². The van der Waals surface area contributed by atoms with E-state index >= 15 is 0 Å². The Hall–Kier alpha value is -0.810. The first kappa shape index (κ1) is 11.7. The molecule has 88 valence electrons. The fourth-order valence-electron chi connectivity index (χ4n) is 1.79. The van der Waals surface area contributed by atoms with Gasteiger partial charge in [0.15, 0.2) is 9.84 Å². The Labute approximate surface area is 99.9 Å². The van der Waals surface area contributed by atoms with Crippen LogP contribution >= 0.6 is 11.6 Å². The standard InChI is InChI=1S/C10H13ClN2O2S/c11-9-2-1-4-12-10(9)13-6-8-3-5-16(14,15)7-8/h1-2,4,8H,3,5-7H2,(H,12,13). The topological polar surface area (TPSA) is 59.1 Å². The number of anilines is 1. The summed E-state index contributed by atoms with van der Waals surface area (Å²) in [7, 11) is -2.80. The van der Waals surface area contributed by atoms with Gasteiger partial charge in [-0.05, 0) is 24.5 Å². The number of nitrogens with one attached hydrogen (secondary N) is 1. The van der Waals surface area contributed by atoms with E-state index in [1.807, 2.05) is 0 Å². The minimum atomic E-state index is -2.80. The van der Waals surface area contributed by atoms with E-state index in [0.29, 0.717) is 23.1 Å². The van der Waals surface area contributed by atoms with Crippen LogP contribution in [0, 0.1) is 5.92 Å². The number of hydrogen-bond donors (Lipinski definition) is 1. The van der Waals surface area contributed by atoms with Crippen molar-refractivity contribution < 1.29 is 8.42 Å². The van der Waals surface area contributed by atoms with E-state index in [-0.39, 0.29) is 11.7 Å². The van der Waals surface area contributed by atoms with Gasteiger partial charge in [0.25, 0.3) is 0 Å². The molecule has 1 aliphatic heterocycles. The van der Waals surface area contributed by atoms with Crippen LogP contribution in [0.1, 0.15) is 6.42 Å². The monoisotopic (exact) mass is 260 g/mol. The summed E-state index contributed by atoms with van der Waals surface area (Å²) < 4.78 is 22.5. The van der Waals surface area contributed by atoms with Gasteiger partial charge in [0, 0.05) is 12.7 Å². The molecule has 1 unspecified atom stereocenters. The fourth-order valence-corrected chi connectivity index (χ4v) is 3.84. The Kier molecular flexibility index (Phi) is 3.35. The van der Waals surface area contributed by atoms with Crippen LogP contribution in [0.3, 0.4) is 0 Å². The Morgan fingerprint density at radius 3 is 3.00 bits per heavy atom. The Morgan fingerprint density at radius 2 is 2.38 bits per heavy atom. The predicted molar refractivity (Wildman–Crippen MR) is 64.5 cm³/mol. The van der Waals surface area contributed by atoms with Crippen molar-refractivity contribution in [1.82, 2.24) is 4.98 Å². The summed E-state index contributed by atoms with van der Waals surface area (Å²) >= 11 is 5.92. The number of halogens is 1. The summed E-state index contributed by atoms with van der Waals surface area (Å²) in [5, 5.41) is 3.64. The minimum Gasteiger partial charge on any atom is -0.369 e. The highest BCUT2D eigenvalue weighted by Gasteiger charge is 2.27. The summed E-state index contributed by atoms with van der Waals surface area (Å²) in [5.41, 5.74) is 0. The van der Waals surface area contributed by atoms with Crippen molar-refractivity contribution >= 4 is 27.3 Å². The molecule has 0 amide bonds. The maximum Gasteiger partial charge on any atom is 0.150 e. The van der Waals surface area contributed by atoms with E-state index < -0.39 is 9.84 Å². The van der Waals surface area contributed by atoms with E-state index in [0.717, 1.165) is 6.42 Å². The molecule has 4 nitrogen and oxygen atoms in total. The zero-order chi connectivity index (χ0) is 11.6. The van der Waals surface area contributed by atoms with E-state index in [9.17, 15) is 8.42 Å². The number of sulfone groups is 1. The van der Waals surface area contributed by atoms with E-state index in [1.54, 1.807) is 18.3 Å². The third-order valence-corrected chi connectivity index (χ3v) is 4.79. The van der Waals surface area contributed by atoms with Gasteiger partial charge in [0.2, 0.25) is 0 Å². The summed E-state index contributed by atoms with van der Waals surface area (Å²) in [5.74, 6) is 1.36. The Morgan fingerprint density at radius 1 is 1.56 bits per heavy atom. The molecule has 1 N–H and O–H groups in total. The molecule has 1 saturated heterocycles. The summed E-state index contributed by atoms with van der Waals surface area (Å²) in [6.07, 6.45) is 2.37. The Bertz CT molecular complexity index is 475. The first-order chi connectivity index (χ1) is 7.57. The van der Waals surface area contributed by atoms with Crippen molar-refractivity contribution in [3.8, 4) is 0 Å². The average molecular weight is 261 g/mol. The maximum atomic E-state index is 11.2. The van der Waals surface area contributed by atoms with Crippen LogP contribution in [0.5, 0.6) is 0 Å². The third kappa shape index (κ3) is 2.86. The molecule has 1 atom stereocenters. The van der Waals surface area contributed by atoms with Crippen LogP contribution in [0.4, 0.5) is 5.82 Å². The lowest BCUT2D eigenvalue weighted by molar-refractivity contribution is 0.595. The van der Waals surface area contributed by atoms with Crippen LogP contribution < -0.4 is 5.32 Å². The fraction of sp³-hybridized carbons (Fsp3) is 0.500. The molecule has 0 aliphatic carbocycles. The molecule has 0 aromatic carbocycles. The molecule has 6 heteroatoms. The molecule has 1 aromatic heterocycles. The summed E-state index contributed by atoms with van der Waals surface area (Å²) in [6, 6.07) is 3.51. The molecule has 2 rings (SSSR count). The molecule has 1 aliphatic rings. The molecular formula is C10H13ClN2O2S. The molecule has 1 fully saturated rings. The quantitative estimate of drug-likeness (QED) is 0.897. The molecule has 1 aromatic rings. The van der Waals surface area contributed by atoms with Crippen molar-refractivity contribution in [3.05, 3.63) is 23.4 Å². The molecule has 16 heavy (non-hydrogen) atoms. The van der Waals surface area contributed by atoms with Crippen LogP contribution in [-0.4, -0.2) is 31.5 Å². The van der Waals surface area contributed by atoms with Gasteiger partial charge in [-0.3, -0.25) is 0 Å². The van der Waals surface area contributed by atoms with Gasteiger partial charge < -0.3 is 5.32 Å². The van der Waals surface area contributed by atoms with Crippen molar-refractivity contribution in [2.45, 2.75) is 6.42 Å². The van der Waals surface area contributed by atoms with Gasteiger partial charge in [-0.25, -0.2) is 13.4 Å². The lowest BCUT2D eigenvalue weighted by atomic mass is 10.1. The zero-order valence-electron chi connectivity index (χ0n) is 8.69. The Balaban J connectivity index is 1.92. The van der Waals surface area contributed by atoms with Crippen molar-refractivity contribution in [2.75, 3.05) is 23.4 Å². The first-order valence-corrected chi connectivity index (χ1v) is 7.31. The van der Waals surface area contributed by atoms with Gasteiger partial charge in [0.05, 0.1) is 16.5 Å². The number of aromatic nitrogens is 1.